The van der Waals surface area contributed by atoms with Crippen LogP contribution in [0.1, 0.15) is 37.3 Å². The molecule has 4 aliphatic heterocycles. The number of nitrogens with zero attached hydrogens (tertiary/aromatic N) is 3. The van der Waals surface area contributed by atoms with Crippen molar-refractivity contribution in [3.8, 4) is 6.07 Å². The van der Waals surface area contributed by atoms with Crippen LogP contribution in [0.2, 0.25) is 0 Å². The summed E-state index contributed by atoms with van der Waals surface area (Å²) in [6.45, 7) is 5.04. The number of hydrogen-bond donors (Lipinski definition) is 0. The summed E-state index contributed by atoms with van der Waals surface area (Å²) in [5, 5.41) is 9.16. The van der Waals surface area contributed by atoms with Crippen molar-refractivity contribution in [2.45, 2.75) is 44.1 Å². The van der Waals surface area contributed by atoms with Gasteiger partial charge in [-0.25, -0.2) is 9.29 Å². The highest BCUT2D eigenvalue weighted by molar-refractivity contribution is 6.23. The number of hydrogen-bond acceptors (Lipinski definition) is 6. The quantitative estimate of drug-likeness (QED) is 0.670. The summed E-state index contributed by atoms with van der Waals surface area (Å²) in [5.41, 5.74) is -0.572. The van der Waals surface area contributed by atoms with E-state index in [9.17, 15) is 14.0 Å². The molecule has 7 nitrogen and oxygen atoms in total. The number of carbonyl (C=O) groups excluding carboxylic acids is 2. The molecule has 0 saturated carbocycles. The third-order valence-electron chi connectivity index (χ3n) is 7.58. The van der Waals surface area contributed by atoms with Crippen LogP contribution in [0.3, 0.4) is 0 Å². The van der Waals surface area contributed by atoms with Crippen LogP contribution >= 0.6 is 0 Å². The summed E-state index contributed by atoms with van der Waals surface area (Å²) in [6, 6.07) is 6.42. The molecule has 0 spiro atoms. The molecule has 31 heavy (non-hydrogen) atoms. The van der Waals surface area contributed by atoms with Gasteiger partial charge in [0.1, 0.15) is 6.67 Å². The summed E-state index contributed by atoms with van der Waals surface area (Å²) < 4.78 is 25.3. The first kappa shape index (κ1) is 20.6. The van der Waals surface area contributed by atoms with E-state index in [-0.39, 0.29) is 22.9 Å². The average Bonchev–Trinajstić information content (AvgIpc) is 3.37. The smallest absolute Gasteiger partial charge is 0.240 e. The zero-order chi connectivity index (χ0) is 21.8. The molecule has 0 radical (unpaired) electrons. The van der Waals surface area contributed by atoms with Crippen LogP contribution in [0.5, 0.6) is 0 Å². The molecule has 4 fully saturated rings. The predicted octanol–water partition coefficient (Wildman–Crippen LogP) is 2.18. The Morgan fingerprint density at radius 1 is 1.19 bits per heavy atom. The lowest BCUT2D eigenvalue weighted by atomic mass is 9.67. The summed E-state index contributed by atoms with van der Waals surface area (Å²) in [5.74, 6) is -1.60. The van der Waals surface area contributed by atoms with E-state index >= 15 is 0 Å². The molecule has 2 bridgehead atoms. The molecule has 2 unspecified atom stereocenters. The van der Waals surface area contributed by atoms with Gasteiger partial charge in [-0.1, -0.05) is 0 Å². The molecular weight excluding hydrogens is 401 g/mol. The standard InChI is InChI=1S/C23H26FN3O4/c1-22-4-5-23(31-22,6-7-26-8-10-30-11-9-26)19-18(22)20(28)27(21(19)29)17-3-2-15(14-25)16(12-17)13-24/h2-3,12,18-19H,4-11,13H2,1H3/t18-,19+,22?,23?/m1/s1. The third-order valence-corrected chi connectivity index (χ3v) is 7.58. The second-order valence-electron chi connectivity index (χ2n) is 9.24. The van der Waals surface area contributed by atoms with Crippen molar-refractivity contribution in [3.63, 3.8) is 0 Å². The van der Waals surface area contributed by atoms with E-state index in [1.807, 2.05) is 13.0 Å². The molecule has 4 aliphatic rings. The number of rotatable bonds is 5. The monoisotopic (exact) mass is 427 g/mol. The van der Waals surface area contributed by atoms with Gasteiger partial charge in [0.05, 0.1) is 53.6 Å². The number of imide groups is 1. The number of carbonyl (C=O) groups is 2. The Morgan fingerprint density at radius 3 is 2.65 bits per heavy atom. The summed E-state index contributed by atoms with van der Waals surface area (Å²) in [6.07, 6.45) is 2.19. The van der Waals surface area contributed by atoms with Crippen LogP contribution in [-0.4, -0.2) is 60.8 Å². The molecule has 8 heteroatoms. The number of halogens is 1. The van der Waals surface area contributed by atoms with Gasteiger partial charge in [0.25, 0.3) is 0 Å². The number of alkyl halides is 1. The Morgan fingerprint density at radius 2 is 1.94 bits per heavy atom. The van der Waals surface area contributed by atoms with Crippen molar-refractivity contribution in [1.82, 2.24) is 4.90 Å². The minimum Gasteiger partial charge on any atom is -0.379 e. The molecule has 164 valence electrons. The van der Waals surface area contributed by atoms with Gasteiger partial charge in [0.15, 0.2) is 0 Å². The lowest BCUT2D eigenvalue weighted by Gasteiger charge is -2.34. The van der Waals surface area contributed by atoms with Crippen LogP contribution in [0.15, 0.2) is 18.2 Å². The minimum absolute atomic E-state index is 0.185. The molecular formula is C23H26FN3O4. The molecule has 4 atom stereocenters. The van der Waals surface area contributed by atoms with E-state index in [1.54, 1.807) is 6.07 Å². The first-order valence-corrected chi connectivity index (χ1v) is 10.9. The van der Waals surface area contributed by atoms with Gasteiger partial charge in [-0.2, -0.15) is 5.26 Å². The van der Waals surface area contributed by atoms with Gasteiger partial charge in [0.2, 0.25) is 11.8 Å². The number of nitriles is 1. The Bertz CT molecular complexity index is 972. The fourth-order valence-electron chi connectivity index (χ4n) is 5.98. The van der Waals surface area contributed by atoms with E-state index < -0.39 is 29.7 Å². The Kier molecular flexibility index (Phi) is 4.88. The molecule has 4 saturated heterocycles. The Balaban J connectivity index is 1.45. The molecule has 2 amide bonds. The van der Waals surface area contributed by atoms with Gasteiger partial charge in [-0.05, 0) is 44.4 Å². The second kappa shape index (κ2) is 7.37. The van der Waals surface area contributed by atoms with Crippen LogP contribution in [0.4, 0.5) is 10.1 Å². The maximum absolute atomic E-state index is 13.6. The molecule has 0 aliphatic carbocycles. The van der Waals surface area contributed by atoms with E-state index in [0.29, 0.717) is 25.3 Å². The highest BCUT2D eigenvalue weighted by Gasteiger charge is 2.73. The van der Waals surface area contributed by atoms with Crippen LogP contribution in [-0.2, 0) is 25.7 Å². The zero-order valence-electron chi connectivity index (χ0n) is 17.6. The number of anilines is 1. The number of ether oxygens (including phenoxy) is 2. The van der Waals surface area contributed by atoms with Crippen LogP contribution < -0.4 is 4.90 Å². The highest BCUT2D eigenvalue weighted by Crippen LogP contribution is 2.62. The van der Waals surface area contributed by atoms with Gasteiger partial charge in [0, 0.05) is 25.2 Å². The van der Waals surface area contributed by atoms with Gasteiger partial charge < -0.3 is 9.47 Å². The number of morpholine rings is 1. The lowest BCUT2D eigenvalue weighted by Crippen LogP contribution is -2.46. The van der Waals surface area contributed by atoms with Crippen molar-refractivity contribution in [1.29, 1.82) is 5.26 Å². The van der Waals surface area contributed by atoms with Crippen molar-refractivity contribution >= 4 is 17.5 Å². The molecule has 0 N–H and O–H groups in total. The van der Waals surface area contributed by atoms with Crippen molar-refractivity contribution in [3.05, 3.63) is 29.3 Å². The van der Waals surface area contributed by atoms with E-state index in [1.165, 1.54) is 17.0 Å². The zero-order valence-corrected chi connectivity index (χ0v) is 17.6. The van der Waals surface area contributed by atoms with Gasteiger partial charge >= 0.3 is 0 Å². The fourth-order valence-corrected chi connectivity index (χ4v) is 5.98. The van der Waals surface area contributed by atoms with Crippen molar-refractivity contribution in [2.24, 2.45) is 11.8 Å². The SMILES string of the molecule is CC12CCC(CCN3CCOCC3)(O1)[C@@H]1C(=O)N(c3ccc(C#N)c(CF)c3)C(=O)[C@@H]12. The first-order valence-electron chi connectivity index (χ1n) is 10.9. The molecule has 1 aromatic carbocycles. The third kappa shape index (κ3) is 3.02. The van der Waals surface area contributed by atoms with Crippen molar-refractivity contribution < 1.29 is 23.5 Å². The fraction of sp³-hybridized carbons (Fsp3) is 0.609. The normalized spacial score (nSPS) is 34.9. The first-order chi connectivity index (χ1) is 14.9. The number of fused-ring (bicyclic) bond motifs is 5. The van der Waals surface area contributed by atoms with E-state index in [0.717, 1.165) is 32.5 Å². The van der Waals surface area contributed by atoms with Gasteiger partial charge in [-0.3, -0.25) is 14.5 Å². The maximum Gasteiger partial charge on any atom is 0.240 e. The average molecular weight is 427 g/mol. The summed E-state index contributed by atoms with van der Waals surface area (Å²) in [4.78, 5) is 30.5. The maximum atomic E-state index is 13.6. The second-order valence-corrected chi connectivity index (χ2v) is 9.24. The predicted molar refractivity (Wildman–Crippen MR) is 109 cm³/mol. The highest BCUT2D eigenvalue weighted by atomic mass is 19.1. The van der Waals surface area contributed by atoms with E-state index in [2.05, 4.69) is 4.90 Å². The summed E-state index contributed by atoms with van der Waals surface area (Å²) in [7, 11) is 0. The lowest BCUT2D eigenvalue weighted by molar-refractivity contribution is -0.131. The number of amides is 2. The molecule has 4 heterocycles. The van der Waals surface area contributed by atoms with Crippen LogP contribution in [0.25, 0.3) is 0 Å². The Labute approximate surface area is 180 Å². The Hall–Kier alpha value is -2.34. The topological polar surface area (TPSA) is 82.9 Å². The van der Waals surface area contributed by atoms with Crippen molar-refractivity contribution in [2.75, 3.05) is 37.7 Å². The minimum atomic E-state index is -0.829. The molecule has 5 rings (SSSR count). The largest absolute Gasteiger partial charge is 0.379 e. The van der Waals surface area contributed by atoms with E-state index in [4.69, 9.17) is 14.7 Å². The van der Waals surface area contributed by atoms with Gasteiger partial charge in [-0.15, -0.1) is 0 Å². The molecule has 1 aromatic rings. The van der Waals surface area contributed by atoms with Crippen LogP contribution in [0, 0.1) is 23.2 Å². The number of benzene rings is 1. The molecule has 0 aromatic heterocycles. The summed E-state index contributed by atoms with van der Waals surface area (Å²) >= 11 is 0.